The Morgan fingerprint density at radius 2 is 0.803 bits per heavy atom. The van der Waals surface area contributed by atoms with Gasteiger partial charge in [0.2, 0.25) is 0 Å². The minimum atomic E-state index is 0.112. The highest BCUT2D eigenvalue weighted by Gasteiger charge is 2.18. The lowest BCUT2D eigenvalue weighted by molar-refractivity contribution is 0.242. The van der Waals surface area contributed by atoms with Crippen molar-refractivity contribution < 1.29 is 4.74 Å². The van der Waals surface area contributed by atoms with Gasteiger partial charge >= 0.3 is 0 Å². The molecule has 0 N–H and O–H groups in total. The molecule has 1 aromatic heterocycles. The molecule has 10 aromatic rings. The molecule has 0 saturated carbocycles. The van der Waals surface area contributed by atoms with Crippen molar-refractivity contribution in [2.75, 3.05) is 4.90 Å². The molecule has 0 aliphatic rings. The van der Waals surface area contributed by atoms with E-state index in [1.807, 2.05) is 0 Å². The molecule has 0 amide bonds. The number of fused-ring (bicyclic) bond motifs is 3. The summed E-state index contributed by atoms with van der Waals surface area (Å²) >= 11 is 0. The summed E-state index contributed by atoms with van der Waals surface area (Å²) in [6, 6.07) is 79.6. The molecule has 0 spiro atoms. The van der Waals surface area contributed by atoms with Crippen molar-refractivity contribution in [3.05, 3.63) is 224 Å². The summed E-state index contributed by atoms with van der Waals surface area (Å²) in [5.74, 6) is 2.09. The van der Waals surface area contributed by atoms with Gasteiger partial charge in [0.15, 0.2) is 0 Å². The number of hydrogen-bond donors (Lipinski definition) is 0. The average molecular weight is 857 g/mol. The van der Waals surface area contributed by atoms with E-state index in [1.165, 1.54) is 66.4 Å². The van der Waals surface area contributed by atoms with Gasteiger partial charge < -0.3 is 14.2 Å². The van der Waals surface area contributed by atoms with Crippen molar-refractivity contribution in [2.24, 2.45) is 5.92 Å². The first-order valence-electron chi connectivity index (χ1n) is 23.5. The Bertz CT molecular complexity index is 3200. The molecule has 1 unspecified atom stereocenters. The zero-order valence-corrected chi connectivity index (χ0v) is 38.5. The normalized spacial score (nSPS) is 12.0. The van der Waals surface area contributed by atoms with Crippen molar-refractivity contribution in [1.82, 2.24) is 4.57 Å². The lowest BCUT2D eigenvalue weighted by Gasteiger charge is -2.26. The molecule has 3 heteroatoms. The maximum Gasteiger partial charge on any atom is 0.119 e. The summed E-state index contributed by atoms with van der Waals surface area (Å²) < 4.78 is 8.42. The van der Waals surface area contributed by atoms with Crippen molar-refractivity contribution in [2.45, 2.75) is 53.1 Å². The van der Waals surface area contributed by atoms with Crippen LogP contribution in [-0.2, 0) is 0 Å². The molecule has 324 valence electrons. The van der Waals surface area contributed by atoms with Crippen LogP contribution in [-0.4, -0.2) is 10.7 Å². The summed E-state index contributed by atoms with van der Waals surface area (Å²) in [5.41, 5.74) is 17.8. The van der Waals surface area contributed by atoms with E-state index in [1.54, 1.807) is 0 Å². The smallest absolute Gasteiger partial charge is 0.119 e. The Morgan fingerprint density at radius 3 is 1.26 bits per heavy atom. The molecular formula is C63H56N2O. The van der Waals surface area contributed by atoms with E-state index in [0.29, 0.717) is 11.8 Å². The van der Waals surface area contributed by atoms with Crippen LogP contribution in [0.15, 0.2) is 218 Å². The van der Waals surface area contributed by atoms with Crippen LogP contribution in [0.1, 0.15) is 52.5 Å². The van der Waals surface area contributed by atoms with Crippen LogP contribution in [0, 0.1) is 5.92 Å². The average Bonchev–Trinajstić information content (AvgIpc) is 3.68. The van der Waals surface area contributed by atoms with Crippen LogP contribution in [0.4, 0.5) is 17.1 Å². The number of hydrogen-bond acceptors (Lipinski definition) is 2. The summed E-state index contributed by atoms with van der Waals surface area (Å²) in [5, 5.41) is 2.43. The van der Waals surface area contributed by atoms with Crippen LogP contribution in [0.3, 0.4) is 0 Å². The quantitative estimate of drug-likeness (QED) is 0.115. The number of nitrogens with zero attached hydrogens (tertiary/aromatic N) is 2. The SMILES string of the molecule is CCC(c1ccc(-c2ccc(-c3ccc4c(c3)c3cc(-c5ccc(N(c6ccccc6)c6ccc(-c7ccccc7)cc6)cc5)ccc3n4-c3ccc(OC(C)C)cc3)cc2)cc1)C(C)C. The minimum absolute atomic E-state index is 0.112. The summed E-state index contributed by atoms with van der Waals surface area (Å²) in [4.78, 5) is 2.33. The van der Waals surface area contributed by atoms with Crippen LogP contribution in [0.2, 0.25) is 0 Å². The first kappa shape index (κ1) is 42.3. The Hall–Kier alpha value is -7.62. The maximum atomic E-state index is 6.04. The highest BCUT2D eigenvalue weighted by Crippen LogP contribution is 2.40. The van der Waals surface area contributed by atoms with E-state index in [2.05, 4.69) is 262 Å². The first-order chi connectivity index (χ1) is 32.3. The van der Waals surface area contributed by atoms with Gasteiger partial charge in [0.25, 0.3) is 0 Å². The fraction of sp³-hybridized carbons (Fsp3) is 0.143. The third-order valence-electron chi connectivity index (χ3n) is 13.1. The summed E-state index contributed by atoms with van der Waals surface area (Å²) in [6.45, 7) is 11.1. The molecule has 10 rings (SSSR count). The molecule has 0 radical (unpaired) electrons. The molecule has 9 aromatic carbocycles. The highest BCUT2D eigenvalue weighted by atomic mass is 16.5. The Labute approximate surface area is 390 Å². The molecule has 66 heavy (non-hydrogen) atoms. The van der Waals surface area contributed by atoms with E-state index in [9.17, 15) is 0 Å². The van der Waals surface area contributed by atoms with Gasteiger partial charge in [-0.1, -0.05) is 154 Å². The van der Waals surface area contributed by atoms with Gasteiger partial charge in [0.05, 0.1) is 17.1 Å². The van der Waals surface area contributed by atoms with Gasteiger partial charge in [-0.15, -0.1) is 0 Å². The topological polar surface area (TPSA) is 17.4 Å². The molecule has 1 heterocycles. The van der Waals surface area contributed by atoms with Gasteiger partial charge in [-0.25, -0.2) is 0 Å². The predicted molar refractivity (Wildman–Crippen MR) is 281 cm³/mol. The van der Waals surface area contributed by atoms with E-state index >= 15 is 0 Å². The summed E-state index contributed by atoms with van der Waals surface area (Å²) in [6.07, 6.45) is 1.27. The van der Waals surface area contributed by atoms with E-state index < -0.39 is 0 Å². The molecule has 0 saturated heterocycles. The molecule has 0 bridgehead atoms. The molecule has 3 nitrogen and oxygen atoms in total. The second kappa shape index (κ2) is 18.5. The molecule has 0 fully saturated rings. The third kappa shape index (κ3) is 8.53. The number of benzene rings is 9. The second-order valence-corrected chi connectivity index (χ2v) is 18.0. The van der Waals surface area contributed by atoms with Gasteiger partial charge in [-0.2, -0.15) is 0 Å². The molecule has 0 aliphatic carbocycles. The van der Waals surface area contributed by atoms with Crippen LogP contribution in [0.5, 0.6) is 5.75 Å². The van der Waals surface area contributed by atoms with E-state index in [4.69, 9.17) is 4.74 Å². The van der Waals surface area contributed by atoms with Gasteiger partial charge in [0.1, 0.15) is 5.75 Å². The van der Waals surface area contributed by atoms with E-state index in [0.717, 1.165) is 40.4 Å². The number of anilines is 3. The first-order valence-corrected chi connectivity index (χ1v) is 23.5. The van der Waals surface area contributed by atoms with Crippen molar-refractivity contribution in [1.29, 1.82) is 0 Å². The predicted octanol–water partition coefficient (Wildman–Crippen LogP) is 17.9. The van der Waals surface area contributed by atoms with Gasteiger partial charge in [-0.05, 0) is 167 Å². The zero-order chi connectivity index (χ0) is 45.1. The maximum absolute atomic E-state index is 6.04. The van der Waals surface area contributed by atoms with Crippen molar-refractivity contribution in [3.63, 3.8) is 0 Å². The Balaban J connectivity index is 1.01. The monoisotopic (exact) mass is 856 g/mol. The largest absolute Gasteiger partial charge is 0.491 e. The molecular weight excluding hydrogens is 801 g/mol. The second-order valence-electron chi connectivity index (χ2n) is 18.0. The highest BCUT2D eigenvalue weighted by molar-refractivity contribution is 6.11. The van der Waals surface area contributed by atoms with Crippen LogP contribution >= 0.6 is 0 Å². The number of ether oxygens (including phenoxy) is 1. The zero-order valence-electron chi connectivity index (χ0n) is 38.5. The number of rotatable bonds is 13. The van der Waals surface area contributed by atoms with Crippen LogP contribution < -0.4 is 9.64 Å². The molecule has 1 atom stereocenters. The van der Waals surface area contributed by atoms with Gasteiger partial charge in [-0.3, -0.25) is 0 Å². The van der Waals surface area contributed by atoms with Crippen molar-refractivity contribution >= 4 is 38.9 Å². The molecule has 0 aliphatic heterocycles. The van der Waals surface area contributed by atoms with Crippen LogP contribution in [0.25, 0.3) is 72.0 Å². The lowest BCUT2D eigenvalue weighted by Crippen LogP contribution is -2.09. The Morgan fingerprint density at radius 1 is 0.409 bits per heavy atom. The van der Waals surface area contributed by atoms with Crippen molar-refractivity contribution in [3.8, 4) is 55.9 Å². The number of aromatic nitrogens is 1. The third-order valence-corrected chi connectivity index (χ3v) is 13.1. The lowest BCUT2D eigenvalue weighted by atomic mass is 9.86. The minimum Gasteiger partial charge on any atom is -0.491 e. The fourth-order valence-electron chi connectivity index (χ4n) is 9.74. The standard InChI is InChI=1S/C63H56N2O/c1-6-59(43(2)3)51-23-21-47(22-24-51)46-17-19-49(20-18-46)52-29-39-62-60(41-52)61-42-53(30-40-63(61)65(62)57-35-37-58(38-36-57)66-44(4)5)50-27-33-56(34-28-50)64(54-15-11-8-12-16-54)55-31-25-48(26-32-55)45-13-9-7-10-14-45/h7-44,59H,6H2,1-5H3. The fourth-order valence-corrected chi connectivity index (χ4v) is 9.74. The van der Waals surface area contributed by atoms with E-state index in [-0.39, 0.29) is 6.10 Å². The summed E-state index contributed by atoms with van der Waals surface area (Å²) in [7, 11) is 0. The number of para-hydroxylation sites is 1. The Kier molecular flexibility index (Phi) is 11.8. The van der Waals surface area contributed by atoms with Gasteiger partial charge in [0, 0.05) is 33.5 Å².